The fourth-order valence-electron chi connectivity index (χ4n) is 5.18. The van der Waals surface area contributed by atoms with E-state index in [4.69, 9.17) is 4.98 Å². The van der Waals surface area contributed by atoms with Crippen LogP contribution in [0.5, 0.6) is 0 Å². The zero-order chi connectivity index (χ0) is 26.8. The molecule has 1 aliphatic rings. The maximum absolute atomic E-state index is 12.9. The van der Waals surface area contributed by atoms with Crippen molar-refractivity contribution in [3.63, 3.8) is 0 Å². The lowest BCUT2D eigenvalue weighted by Crippen LogP contribution is -2.41. The lowest BCUT2D eigenvalue weighted by molar-refractivity contribution is -0.121. The largest absolute Gasteiger partial charge is 0.326 e. The molecule has 0 saturated carbocycles. The molecule has 5 aromatic rings. The highest BCUT2D eigenvalue weighted by Crippen LogP contribution is 2.31. The zero-order valence-electron chi connectivity index (χ0n) is 21.8. The molecule has 196 valence electrons. The van der Waals surface area contributed by atoms with E-state index in [0.29, 0.717) is 6.54 Å². The number of hydrogen-bond donors (Lipinski definition) is 2. The highest BCUT2D eigenvalue weighted by Gasteiger charge is 2.26. The summed E-state index contributed by atoms with van der Waals surface area (Å²) in [7, 11) is 0. The number of aromatic nitrogens is 1. The molecule has 1 aromatic heterocycles. The third kappa shape index (κ3) is 5.70. The molecule has 2 amide bonds. The Balaban J connectivity index is 1.00. The van der Waals surface area contributed by atoms with E-state index in [2.05, 4.69) is 40.7 Å². The summed E-state index contributed by atoms with van der Waals surface area (Å²) < 4.78 is 1.18. The number of rotatable bonds is 6. The van der Waals surface area contributed by atoms with Gasteiger partial charge < -0.3 is 10.6 Å². The number of amides is 2. The van der Waals surface area contributed by atoms with Crippen LogP contribution in [0.4, 0.5) is 11.4 Å². The first-order chi connectivity index (χ1) is 19.0. The number of aryl methyl sites for hydroxylation is 1. The van der Waals surface area contributed by atoms with E-state index in [1.807, 2.05) is 66.7 Å². The summed E-state index contributed by atoms with van der Waals surface area (Å²) in [6.07, 6.45) is 1.47. The Kier molecular flexibility index (Phi) is 7.09. The van der Waals surface area contributed by atoms with Gasteiger partial charge in [0.2, 0.25) is 11.8 Å². The number of fused-ring (bicyclic) bond motifs is 2. The number of benzene rings is 4. The van der Waals surface area contributed by atoms with Gasteiger partial charge in [0.1, 0.15) is 5.01 Å². The Hall–Kier alpha value is -4.07. The van der Waals surface area contributed by atoms with Crippen molar-refractivity contribution in [3.05, 3.63) is 90.5 Å². The minimum atomic E-state index is -0.0606. The van der Waals surface area contributed by atoms with Crippen molar-refractivity contribution in [2.45, 2.75) is 19.8 Å². The average molecular weight is 535 g/mol. The fourth-order valence-corrected chi connectivity index (χ4v) is 6.25. The maximum atomic E-state index is 12.9. The lowest BCUT2D eigenvalue weighted by Gasteiger charge is -2.30. The predicted molar refractivity (Wildman–Crippen MR) is 160 cm³/mol. The summed E-state index contributed by atoms with van der Waals surface area (Å²) in [5, 5.41) is 9.25. The quantitative estimate of drug-likeness (QED) is 0.254. The molecule has 2 heterocycles. The maximum Gasteiger partial charge on any atom is 0.238 e. The van der Waals surface area contributed by atoms with Crippen LogP contribution >= 0.6 is 11.3 Å². The van der Waals surface area contributed by atoms with Gasteiger partial charge in [-0.05, 0) is 86.3 Å². The van der Waals surface area contributed by atoms with E-state index in [-0.39, 0.29) is 17.7 Å². The van der Waals surface area contributed by atoms with E-state index in [9.17, 15) is 9.59 Å². The van der Waals surface area contributed by atoms with Crippen molar-refractivity contribution in [2.24, 2.45) is 5.92 Å². The van der Waals surface area contributed by atoms with Crippen molar-refractivity contribution in [1.29, 1.82) is 0 Å². The lowest BCUT2D eigenvalue weighted by atomic mass is 9.95. The molecule has 1 aliphatic heterocycles. The van der Waals surface area contributed by atoms with Crippen molar-refractivity contribution in [3.8, 4) is 10.6 Å². The van der Waals surface area contributed by atoms with Gasteiger partial charge in [-0.15, -0.1) is 11.3 Å². The van der Waals surface area contributed by atoms with Crippen molar-refractivity contribution < 1.29 is 9.59 Å². The molecule has 0 atom stereocenters. The van der Waals surface area contributed by atoms with Crippen LogP contribution in [0.15, 0.2) is 84.9 Å². The average Bonchev–Trinajstić information content (AvgIpc) is 3.37. The van der Waals surface area contributed by atoms with E-state index in [1.54, 1.807) is 11.3 Å². The summed E-state index contributed by atoms with van der Waals surface area (Å²) in [6, 6.07) is 28.2. The van der Waals surface area contributed by atoms with E-state index >= 15 is 0 Å². The summed E-state index contributed by atoms with van der Waals surface area (Å²) in [6.45, 7) is 3.85. The Morgan fingerprint density at radius 1 is 0.923 bits per heavy atom. The molecule has 0 spiro atoms. The number of nitrogens with zero attached hydrogens (tertiary/aromatic N) is 2. The van der Waals surface area contributed by atoms with Crippen molar-refractivity contribution in [2.75, 3.05) is 30.3 Å². The van der Waals surface area contributed by atoms with Crippen LogP contribution in [0.2, 0.25) is 0 Å². The van der Waals surface area contributed by atoms with Crippen molar-refractivity contribution in [1.82, 2.24) is 9.88 Å². The van der Waals surface area contributed by atoms with Crippen LogP contribution in [0.1, 0.15) is 18.4 Å². The molecule has 6 rings (SSSR count). The molecule has 1 saturated heterocycles. The summed E-state index contributed by atoms with van der Waals surface area (Å²) in [4.78, 5) is 32.6. The Labute approximate surface area is 231 Å². The number of hydrogen-bond acceptors (Lipinski definition) is 5. The number of nitrogens with one attached hydrogen (secondary N) is 2. The van der Waals surface area contributed by atoms with Gasteiger partial charge in [-0.1, -0.05) is 42.5 Å². The van der Waals surface area contributed by atoms with Gasteiger partial charge in [-0.2, -0.15) is 0 Å². The number of carbonyl (C=O) groups excluding carboxylic acids is 2. The zero-order valence-corrected chi connectivity index (χ0v) is 22.6. The molecule has 0 aliphatic carbocycles. The highest BCUT2D eigenvalue weighted by atomic mass is 32.1. The molecule has 2 N–H and O–H groups in total. The van der Waals surface area contributed by atoms with Crippen molar-refractivity contribution >= 4 is 55.5 Å². The number of thiazole rings is 1. The number of anilines is 2. The number of piperidine rings is 1. The van der Waals surface area contributed by atoms with Crippen LogP contribution < -0.4 is 10.6 Å². The van der Waals surface area contributed by atoms with Crippen LogP contribution in [-0.4, -0.2) is 41.3 Å². The molecule has 6 nitrogen and oxygen atoms in total. The second-order valence-electron chi connectivity index (χ2n) is 10.2. The first kappa shape index (κ1) is 25.2. The van der Waals surface area contributed by atoms with Gasteiger partial charge in [0.15, 0.2) is 0 Å². The Morgan fingerprint density at radius 2 is 1.69 bits per heavy atom. The minimum absolute atomic E-state index is 0.0300. The topological polar surface area (TPSA) is 74.3 Å². The Bertz CT molecular complexity index is 1650. The summed E-state index contributed by atoms with van der Waals surface area (Å²) >= 11 is 1.68. The van der Waals surface area contributed by atoms with Crippen LogP contribution in [0.25, 0.3) is 31.6 Å². The number of carbonyl (C=O) groups is 2. The smallest absolute Gasteiger partial charge is 0.238 e. The highest BCUT2D eigenvalue weighted by molar-refractivity contribution is 7.21. The fraction of sp³-hybridized carbons (Fsp3) is 0.219. The van der Waals surface area contributed by atoms with Gasteiger partial charge >= 0.3 is 0 Å². The molecule has 4 aromatic carbocycles. The molecular formula is C32H30N4O2S. The van der Waals surface area contributed by atoms with Crippen LogP contribution in [-0.2, 0) is 9.59 Å². The minimum Gasteiger partial charge on any atom is -0.326 e. The van der Waals surface area contributed by atoms with Crippen LogP contribution in [0.3, 0.4) is 0 Å². The summed E-state index contributed by atoms with van der Waals surface area (Å²) in [5.41, 5.74) is 4.90. The van der Waals surface area contributed by atoms with E-state index < -0.39 is 0 Å². The second-order valence-corrected chi connectivity index (χ2v) is 11.2. The first-order valence-electron chi connectivity index (χ1n) is 13.3. The normalized spacial score (nSPS) is 14.5. The third-order valence-electron chi connectivity index (χ3n) is 7.33. The molecule has 1 fully saturated rings. The van der Waals surface area contributed by atoms with Gasteiger partial charge in [-0.25, -0.2) is 4.98 Å². The molecular weight excluding hydrogens is 504 g/mol. The number of likely N-dealkylation sites (tertiary alicyclic amines) is 1. The molecule has 7 heteroatoms. The molecule has 0 radical (unpaired) electrons. The second kappa shape index (κ2) is 11.0. The summed E-state index contributed by atoms with van der Waals surface area (Å²) in [5.74, 6) is -0.0507. The predicted octanol–water partition coefficient (Wildman–Crippen LogP) is 6.71. The molecule has 39 heavy (non-hydrogen) atoms. The van der Waals surface area contributed by atoms with E-state index in [0.717, 1.165) is 64.2 Å². The SMILES string of the molecule is Cc1ccc2nc(-c3ccc(NC(=O)C4CCN(CC(=O)Nc5cccc6ccccc56)CC4)cc3)sc2c1. The standard InChI is InChI=1S/C32H30N4O2S/c1-21-9-14-28-29(19-21)39-32(35-28)24-10-12-25(13-11-24)33-31(38)23-15-17-36(18-16-23)20-30(37)34-27-8-4-6-22-5-2-3-7-26(22)27/h2-14,19,23H,15-18,20H2,1H3,(H,33,38)(H,34,37). The molecule has 0 unspecified atom stereocenters. The van der Waals surface area contributed by atoms with E-state index in [1.165, 1.54) is 10.3 Å². The van der Waals surface area contributed by atoms with Gasteiger partial charge in [0.05, 0.1) is 16.8 Å². The van der Waals surface area contributed by atoms with Crippen LogP contribution in [0, 0.1) is 12.8 Å². The van der Waals surface area contributed by atoms with Gasteiger partial charge in [-0.3, -0.25) is 14.5 Å². The van der Waals surface area contributed by atoms with Gasteiger partial charge in [0, 0.05) is 28.2 Å². The Morgan fingerprint density at radius 3 is 2.51 bits per heavy atom. The third-order valence-corrected chi connectivity index (χ3v) is 8.40. The monoisotopic (exact) mass is 534 g/mol. The first-order valence-corrected chi connectivity index (χ1v) is 14.1. The van der Waals surface area contributed by atoms with Gasteiger partial charge in [0.25, 0.3) is 0 Å². The molecule has 0 bridgehead atoms.